The van der Waals surface area contributed by atoms with Crippen LogP contribution in [0.2, 0.25) is 0 Å². The Morgan fingerprint density at radius 1 is 1.23 bits per heavy atom. The lowest BCUT2D eigenvalue weighted by Gasteiger charge is -2.19. The minimum atomic E-state index is -0.751. The molecule has 31 heavy (non-hydrogen) atoms. The summed E-state index contributed by atoms with van der Waals surface area (Å²) in [6.45, 7) is 9.21. The van der Waals surface area contributed by atoms with Gasteiger partial charge in [0.1, 0.15) is 0 Å². The van der Waals surface area contributed by atoms with Crippen molar-refractivity contribution >= 4 is 29.9 Å². The van der Waals surface area contributed by atoms with Crippen molar-refractivity contribution in [2.45, 2.75) is 46.3 Å². The molecule has 0 bridgehead atoms. The van der Waals surface area contributed by atoms with E-state index in [-0.39, 0.29) is 36.6 Å². The molecular weight excluding hydrogens is 509 g/mol. The van der Waals surface area contributed by atoms with Crippen molar-refractivity contribution in [2.24, 2.45) is 12.0 Å². The first kappa shape index (κ1) is 27.0. The molecular formula is C22H36IN5O3. The molecule has 0 aliphatic carbocycles. The average molecular weight is 545 g/mol. The third-order valence-corrected chi connectivity index (χ3v) is 5.11. The van der Waals surface area contributed by atoms with E-state index >= 15 is 0 Å². The molecule has 0 aliphatic heterocycles. The maximum atomic E-state index is 10.6. The highest BCUT2D eigenvalue weighted by atomic mass is 127. The Labute approximate surface area is 202 Å². The molecule has 1 heterocycles. The van der Waals surface area contributed by atoms with Crippen molar-refractivity contribution in [3.8, 4) is 11.5 Å². The Morgan fingerprint density at radius 3 is 2.45 bits per heavy atom. The number of nitrogens with one attached hydrogen (secondary N) is 2. The van der Waals surface area contributed by atoms with E-state index in [1.165, 1.54) is 11.3 Å². The quantitative estimate of drug-likeness (QED) is 0.255. The smallest absolute Gasteiger partial charge is 0.191 e. The number of guanidine groups is 1. The van der Waals surface area contributed by atoms with Crippen molar-refractivity contribution in [3.63, 3.8) is 0 Å². The zero-order valence-electron chi connectivity index (χ0n) is 19.5. The monoisotopic (exact) mass is 545 g/mol. The molecule has 1 aromatic carbocycles. The fourth-order valence-electron chi connectivity index (χ4n) is 3.37. The molecule has 3 N–H and O–H groups in total. The van der Waals surface area contributed by atoms with Gasteiger partial charge in [-0.25, -0.2) is 0 Å². The standard InChI is InChI=1S/C22H35N5O3.HI/c1-8-23-22(25-14(2)11-18-15(3)26-27(5)16(18)4)24-13-19(28)17-9-10-20(29-6)21(12-17)30-7;/h9-10,12,14,19,28H,8,11,13H2,1-7H3,(H2,23,24,25);1H. The number of aliphatic hydroxyl groups is 1. The highest BCUT2D eigenvalue weighted by Crippen LogP contribution is 2.30. The van der Waals surface area contributed by atoms with Crippen LogP contribution in [0.3, 0.4) is 0 Å². The molecule has 2 atom stereocenters. The molecule has 8 nitrogen and oxygen atoms in total. The van der Waals surface area contributed by atoms with Crippen LogP contribution in [-0.2, 0) is 13.5 Å². The van der Waals surface area contributed by atoms with Gasteiger partial charge in [0.05, 0.1) is 32.6 Å². The van der Waals surface area contributed by atoms with E-state index in [1.807, 2.05) is 31.6 Å². The zero-order valence-corrected chi connectivity index (χ0v) is 21.9. The number of ether oxygens (including phenoxy) is 2. The number of aryl methyl sites for hydroxylation is 2. The summed E-state index contributed by atoms with van der Waals surface area (Å²) in [5.41, 5.74) is 4.20. The van der Waals surface area contributed by atoms with E-state index < -0.39 is 6.10 Å². The van der Waals surface area contributed by atoms with Crippen molar-refractivity contribution < 1.29 is 14.6 Å². The number of hydrogen-bond donors (Lipinski definition) is 3. The highest BCUT2D eigenvalue weighted by Gasteiger charge is 2.15. The predicted octanol–water partition coefficient (Wildman–Crippen LogP) is 2.89. The van der Waals surface area contributed by atoms with Crippen LogP contribution in [0.25, 0.3) is 0 Å². The van der Waals surface area contributed by atoms with Gasteiger partial charge < -0.3 is 25.2 Å². The van der Waals surface area contributed by atoms with E-state index in [0.717, 1.165) is 24.2 Å². The summed E-state index contributed by atoms with van der Waals surface area (Å²) >= 11 is 0. The van der Waals surface area contributed by atoms with E-state index in [2.05, 4.69) is 34.6 Å². The molecule has 1 aromatic heterocycles. The molecule has 0 saturated carbocycles. The first-order valence-electron chi connectivity index (χ1n) is 10.2. The van der Waals surface area contributed by atoms with Gasteiger partial charge in [-0.3, -0.25) is 9.67 Å². The second kappa shape index (κ2) is 12.7. The maximum absolute atomic E-state index is 10.6. The number of aliphatic hydroxyl groups excluding tert-OH is 1. The van der Waals surface area contributed by atoms with Crippen LogP contribution in [-0.4, -0.2) is 54.2 Å². The maximum Gasteiger partial charge on any atom is 0.191 e. The first-order chi connectivity index (χ1) is 14.3. The normalized spacial score (nSPS) is 13.2. The molecule has 174 valence electrons. The zero-order chi connectivity index (χ0) is 22.3. The lowest BCUT2D eigenvalue weighted by Crippen LogP contribution is -2.43. The minimum absolute atomic E-state index is 0. The van der Waals surface area contributed by atoms with E-state index in [4.69, 9.17) is 9.47 Å². The molecule has 9 heteroatoms. The minimum Gasteiger partial charge on any atom is -0.493 e. The van der Waals surface area contributed by atoms with Gasteiger partial charge in [0.15, 0.2) is 17.5 Å². The summed E-state index contributed by atoms with van der Waals surface area (Å²) in [5, 5.41) is 21.8. The van der Waals surface area contributed by atoms with Crippen LogP contribution in [0.1, 0.15) is 42.5 Å². The number of aliphatic imine (C=N–C) groups is 1. The van der Waals surface area contributed by atoms with E-state index in [1.54, 1.807) is 26.4 Å². The van der Waals surface area contributed by atoms with Crippen LogP contribution in [0.5, 0.6) is 11.5 Å². The molecule has 0 spiro atoms. The van der Waals surface area contributed by atoms with Crippen LogP contribution >= 0.6 is 24.0 Å². The molecule has 0 saturated heterocycles. The number of rotatable bonds is 9. The summed E-state index contributed by atoms with van der Waals surface area (Å²) < 4.78 is 12.5. The topological polar surface area (TPSA) is 92.9 Å². The molecule has 0 amide bonds. The van der Waals surface area contributed by atoms with Crippen molar-refractivity contribution in [1.82, 2.24) is 20.4 Å². The Hall–Kier alpha value is -2.01. The largest absolute Gasteiger partial charge is 0.493 e. The first-order valence-corrected chi connectivity index (χ1v) is 10.2. The second-order valence-electron chi connectivity index (χ2n) is 7.37. The summed E-state index contributed by atoms with van der Waals surface area (Å²) in [7, 11) is 5.12. The SMILES string of the molecule is CCNC(=NCC(O)c1ccc(OC)c(OC)c1)NC(C)Cc1c(C)nn(C)c1C.I. The van der Waals surface area contributed by atoms with Crippen LogP contribution in [0.15, 0.2) is 23.2 Å². The molecule has 2 unspecified atom stereocenters. The van der Waals surface area contributed by atoms with Gasteiger partial charge in [-0.1, -0.05) is 6.07 Å². The highest BCUT2D eigenvalue weighted by molar-refractivity contribution is 14.0. The number of halogens is 1. The summed E-state index contributed by atoms with van der Waals surface area (Å²) in [4.78, 5) is 4.57. The predicted molar refractivity (Wildman–Crippen MR) is 135 cm³/mol. The average Bonchev–Trinajstić information content (AvgIpc) is 2.97. The molecule has 0 radical (unpaired) electrons. The number of benzene rings is 1. The lowest BCUT2D eigenvalue weighted by atomic mass is 10.1. The number of aromatic nitrogens is 2. The summed E-state index contributed by atoms with van der Waals surface area (Å²) in [5.74, 6) is 1.88. The van der Waals surface area contributed by atoms with Gasteiger partial charge in [0, 0.05) is 25.3 Å². The van der Waals surface area contributed by atoms with Crippen molar-refractivity contribution in [3.05, 3.63) is 40.7 Å². The molecule has 2 rings (SSSR count). The molecule has 2 aromatic rings. The Balaban J connectivity index is 0.00000480. The van der Waals surface area contributed by atoms with Crippen molar-refractivity contribution in [2.75, 3.05) is 27.3 Å². The third kappa shape index (κ3) is 7.27. The van der Waals surface area contributed by atoms with Crippen LogP contribution in [0, 0.1) is 13.8 Å². The molecule has 0 fully saturated rings. The van der Waals surface area contributed by atoms with Crippen LogP contribution in [0.4, 0.5) is 0 Å². The fraction of sp³-hybridized carbons (Fsp3) is 0.545. The fourth-order valence-corrected chi connectivity index (χ4v) is 3.37. The molecule has 0 aliphatic rings. The Kier molecular flexibility index (Phi) is 11.1. The van der Waals surface area contributed by atoms with Crippen LogP contribution < -0.4 is 20.1 Å². The van der Waals surface area contributed by atoms with Gasteiger partial charge in [0.2, 0.25) is 0 Å². The number of nitrogens with zero attached hydrogens (tertiary/aromatic N) is 3. The van der Waals surface area contributed by atoms with E-state index in [0.29, 0.717) is 17.5 Å². The third-order valence-electron chi connectivity index (χ3n) is 5.11. The Bertz CT molecular complexity index is 869. The second-order valence-corrected chi connectivity index (χ2v) is 7.37. The van der Waals surface area contributed by atoms with Gasteiger partial charge >= 0.3 is 0 Å². The number of hydrogen-bond acceptors (Lipinski definition) is 5. The van der Waals surface area contributed by atoms with Gasteiger partial charge in [-0.15, -0.1) is 24.0 Å². The number of methoxy groups -OCH3 is 2. The summed E-state index contributed by atoms with van der Waals surface area (Å²) in [6.07, 6.45) is 0.0899. The van der Waals surface area contributed by atoms with Gasteiger partial charge in [-0.2, -0.15) is 5.10 Å². The van der Waals surface area contributed by atoms with E-state index in [9.17, 15) is 5.11 Å². The summed E-state index contributed by atoms with van der Waals surface area (Å²) in [6, 6.07) is 5.53. The Morgan fingerprint density at radius 2 is 1.90 bits per heavy atom. The van der Waals surface area contributed by atoms with Crippen molar-refractivity contribution in [1.29, 1.82) is 0 Å². The van der Waals surface area contributed by atoms with Gasteiger partial charge in [-0.05, 0) is 57.4 Å². The van der Waals surface area contributed by atoms with Gasteiger partial charge in [0.25, 0.3) is 0 Å². The lowest BCUT2D eigenvalue weighted by molar-refractivity contribution is 0.186.